The van der Waals surface area contributed by atoms with E-state index < -0.39 is 0 Å². The predicted octanol–water partition coefficient (Wildman–Crippen LogP) is 3.04. The number of nitrogens with two attached hydrogens (primary N) is 1. The highest BCUT2D eigenvalue weighted by molar-refractivity contribution is 6.11. The van der Waals surface area contributed by atoms with Crippen molar-refractivity contribution in [3.8, 4) is 5.75 Å². The van der Waals surface area contributed by atoms with Gasteiger partial charge in [0.2, 0.25) is 0 Å². The minimum Gasteiger partial charge on any atom is -0.496 e. The van der Waals surface area contributed by atoms with E-state index in [1.807, 2.05) is 50.2 Å². The van der Waals surface area contributed by atoms with E-state index in [4.69, 9.17) is 10.5 Å². The molecule has 0 saturated heterocycles. The number of aryl methyl sites for hydroxylation is 1. The first-order chi connectivity index (χ1) is 10.1. The normalized spacial score (nSPS) is 10.5. The number of ether oxygens (including phenoxy) is 1. The van der Waals surface area contributed by atoms with Crippen LogP contribution in [0.3, 0.4) is 0 Å². The average Bonchev–Trinajstić information content (AvgIpc) is 2.50. The van der Waals surface area contributed by atoms with Crippen LogP contribution in [0.4, 0.5) is 0 Å². The quantitative estimate of drug-likeness (QED) is 0.858. The number of methoxy groups -OCH3 is 1. The zero-order valence-corrected chi connectivity index (χ0v) is 12.8. The van der Waals surface area contributed by atoms with Gasteiger partial charge in [-0.1, -0.05) is 30.3 Å². The molecule has 110 valence electrons. The highest BCUT2D eigenvalue weighted by atomic mass is 16.5. The molecule has 0 unspecified atom stereocenters. The lowest BCUT2D eigenvalue weighted by Gasteiger charge is -2.13. The van der Waals surface area contributed by atoms with Crippen LogP contribution in [0.25, 0.3) is 0 Å². The summed E-state index contributed by atoms with van der Waals surface area (Å²) in [5.74, 6) is 0.639. The lowest BCUT2D eigenvalue weighted by atomic mass is 9.97. The van der Waals surface area contributed by atoms with Crippen molar-refractivity contribution >= 4 is 5.78 Å². The second kappa shape index (κ2) is 6.55. The molecule has 2 rings (SSSR count). The SMILES string of the molecule is COc1c(C(=O)c2ccc(CCN)cc2)ccc(C)c1C. The summed E-state index contributed by atoms with van der Waals surface area (Å²) in [6.45, 7) is 4.58. The van der Waals surface area contributed by atoms with E-state index in [1.165, 1.54) is 0 Å². The van der Waals surface area contributed by atoms with Gasteiger partial charge in [-0.15, -0.1) is 0 Å². The summed E-state index contributed by atoms with van der Waals surface area (Å²) in [6, 6.07) is 11.4. The second-order valence-electron chi connectivity index (χ2n) is 5.15. The van der Waals surface area contributed by atoms with Crippen LogP contribution in [-0.2, 0) is 6.42 Å². The molecule has 0 aliphatic rings. The molecule has 0 heterocycles. The number of ketones is 1. The van der Waals surface area contributed by atoms with Gasteiger partial charge in [0.05, 0.1) is 12.7 Å². The van der Waals surface area contributed by atoms with Crippen molar-refractivity contribution in [1.29, 1.82) is 0 Å². The monoisotopic (exact) mass is 283 g/mol. The van der Waals surface area contributed by atoms with Crippen molar-refractivity contribution in [3.63, 3.8) is 0 Å². The Labute approximate surface area is 125 Å². The predicted molar refractivity (Wildman–Crippen MR) is 85.1 cm³/mol. The fourth-order valence-electron chi connectivity index (χ4n) is 2.38. The lowest BCUT2D eigenvalue weighted by molar-refractivity contribution is 0.103. The minimum absolute atomic E-state index is 0.0192. The standard InChI is InChI=1S/C18H21NO2/c1-12-4-9-16(18(21-3)13(12)2)17(20)15-7-5-14(6-8-15)10-11-19/h4-9H,10-11,19H2,1-3H3. The zero-order valence-electron chi connectivity index (χ0n) is 12.8. The second-order valence-corrected chi connectivity index (χ2v) is 5.15. The minimum atomic E-state index is -0.0192. The van der Waals surface area contributed by atoms with Crippen LogP contribution in [0.5, 0.6) is 5.75 Å². The Morgan fingerprint density at radius 3 is 2.33 bits per heavy atom. The fraction of sp³-hybridized carbons (Fsp3) is 0.278. The van der Waals surface area contributed by atoms with Gasteiger partial charge in [0.1, 0.15) is 5.75 Å². The number of benzene rings is 2. The highest BCUT2D eigenvalue weighted by Gasteiger charge is 2.17. The van der Waals surface area contributed by atoms with Crippen molar-refractivity contribution < 1.29 is 9.53 Å². The molecular weight excluding hydrogens is 262 g/mol. The molecule has 0 spiro atoms. The van der Waals surface area contributed by atoms with E-state index in [2.05, 4.69) is 0 Å². The van der Waals surface area contributed by atoms with Gasteiger partial charge in [0, 0.05) is 5.56 Å². The van der Waals surface area contributed by atoms with Crippen molar-refractivity contribution in [2.45, 2.75) is 20.3 Å². The van der Waals surface area contributed by atoms with Gasteiger partial charge < -0.3 is 10.5 Å². The Bertz CT molecular complexity index is 645. The summed E-state index contributed by atoms with van der Waals surface area (Å²) < 4.78 is 5.42. The van der Waals surface area contributed by atoms with Crippen molar-refractivity contribution in [3.05, 3.63) is 64.2 Å². The molecule has 2 aromatic carbocycles. The molecule has 0 radical (unpaired) electrons. The Hall–Kier alpha value is -2.13. The number of hydrogen-bond acceptors (Lipinski definition) is 3. The first-order valence-electron chi connectivity index (χ1n) is 7.06. The summed E-state index contributed by atoms with van der Waals surface area (Å²) in [5.41, 5.74) is 10.1. The highest BCUT2D eigenvalue weighted by Crippen LogP contribution is 2.28. The molecule has 2 aromatic rings. The molecule has 2 N–H and O–H groups in total. The van der Waals surface area contributed by atoms with Crippen LogP contribution in [0.1, 0.15) is 32.6 Å². The largest absolute Gasteiger partial charge is 0.496 e. The van der Waals surface area contributed by atoms with Gasteiger partial charge >= 0.3 is 0 Å². The van der Waals surface area contributed by atoms with Crippen molar-refractivity contribution in [2.24, 2.45) is 5.73 Å². The Kier molecular flexibility index (Phi) is 4.76. The van der Waals surface area contributed by atoms with E-state index in [0.29, 0.717) is 23.4 Å². The Morgan fingerprint density at radius 2 is 1.76 bits per heavy atom. The van der Waals surface area contributed by atoms with Crippen molar-refractivity contribution in [2.75, 3.05) is 13.7 Å². The summed E-state index contributed by atoms with van der Waals surface area (Å²) in [7, 11) is 1.60. The molecule has 3 nitrogen and oxygen atoms in total. The summed E-state index contributed by atoms with van der Waals surface area (Å²) in [4.78, 5) is 12.7. The fourth-order valence-corrected chi connectivity index (χ4v) is 2.38. The molecule has 21 heavy (non-hydrogen) atoms. The van der Waals surface area contributed by atoms with Gasteiger partial charge in [0.25, 0.3) is 0 Å². The Balaban J connectivity index is 2.38. The number of carbonyl (C=O) groups excluding carboxylic acids is 1. The molecule has 0 amide bonds. The number of rotatable bonds is 5. The third-order valence-electron chi connectivity index (χ3n) is 3.77. The van der Waals surface area contributed by atoms with E-state index >= 15 is 0 Å². The maximum atomic E-state index is 12.7. The topological polar surface area (TPSA) is 52.3 Å². The molecule has 0 aliphatic carbocycles. The average molecular weight is 283 g/mol. The van der Waals surface area contributed by atoms with Crippen LogP contribution >= 0.6 is 0 Å². The molecule has 3 heteroatoms. The molecule has 0 aromatic heterocycles. The number of hydrogen-bond donors (Lipinski definition) is 1. The lowest BCUT2D eigenvalue weighted by Crippen LogP contribution is -2.07. The first kappa shape index (κ1) is 15.3. The Morgan fingerprint density at radius 1 is 1.10 bits per heavy atom. The molecular formula is C18H21NO2. The van der Waals surface area contributed by atoms with E-state index in [1.54, 1.807) is 7.11 Å². The molecule has 0 atom stereocenters. The first-order valence-corrected chi connectivity index (χ1v) is 7.06. The third kappa shape index (κ3) is 3.14. The van der Waals surface area contributed by atoms with Crippen LogP contribution in [0, 0.1) is 13.8 Å². The van der Waals surface area contributed by atoms with Crippen LogP contribution in [-0.4, -0.2) is 19.4 Å². The maximum absolute atomic E-state index is 12.7. The van der Waals surface area contributed by atoms with Crippen LogP contribution in [0.2, 0.25) is 0 Å². The summed E-state index contributed by atoms with van der Waals surface area (Å²) in [6.07, 6.45) is 0.821. The van der Waals surface area contributed by atoms with E-state index in [9.17, 15) is 4.79 Å². The van der Waals surface area contributed by atoms with Crippen LogP contribution in [0.15, 0.2) is 36.4 Å². The maximum Gasteiger partial charge on any atom is 0.196 e. The smallest absolute Gasteiger partial charge is 0.196 e. The van der Waals surface area contributed by atoms with Gasteiger partial charge in [-0.2, -0.15) is 0 Å². The third-order valence-corrected chi connectivity index (χ3v) is 3.77. The van der Waals surface area contributed by atoms with Crippen molar-refractivity contribution in [1.82, 2.24) is 0 Å². The molecule has 0 saturated carbocycles. The zero-order chi connectivity index (χ0) is 15.4. The van der Waals surface area contributed by atoms with E-state index in [-0.39, 0.29) is 5.78 Å². The van der Waals surface area contributed by atoms with Gasteiger partial charge in [-0.05, 0) is 49.6 Å². The van der Waals surface area contributed by atoms with Gasteiger partial charge in [-0.25, -0.2) is 0 Å². The van der Waals surface area contributed by atoms with Gasteiger partial charge in [-0.3, -0.25) is 4.79 Å². The molecule has 0 fully saturated rings. The summed E-state index contributed by atoms with van der Waals surface area (Å²) in [5, 5.41) is 0. The molecule has 0 bridgehead atoms. The summed E-state index contributed by atoms with van der Waals surface area (Å²) >= 11 is 0. The van der Waals surface area contributed by atoms with Crippen LogP contribution < -0.4 is 10.5 Å². The molecule has 0 aliphatic heterocycles. The van der Waals surface area contributed by atoms with E-state index in [0.717, 1.165) is 23.1 Å². The van der Waals surface area contributed by atoms with Gasteiger partial charge in [0.15, 0.2) is 5.78 Å². The number of carbonyl (C=O) groups is 1.